The molecule has 2 atom stereocenters. The largest absolute Gasteiger partial charge is 0.491 e. The zero-order valence-corrected chi connectivity index (χ0v) is 13.5. The van der Waals surface area contributed by atoms with Gasteiger partial charge in [-0.15, -0.1) is 0 Å². The molecule has 2 unspecified atom stereocenters. The fraction of sp³-hybridized carbons (Fsp3) is 0.647. The van der Waals surface area contributed by atoms with Gasteiger partial charge in [0.25, 0.3) is 0 Å². The molecule has 1 fully saturated rings. The minimum Gasteiger partial charge on any atom is -0.491 e. The summed E-state index contributed by atoms with van der Waals surface area (Å²) in [5, 5.41) is 10.2. The standard InChI is InChI=1S/C17H28N2O2/c1-14-6-4-8-17(10-14)21-13-16(20)12-19-9-5-7-15(11-19)18(2)3/h4,6,8,10,15-16,20H,5,7,9,11-13H2,1-3H3. The summed E-state index contributed by atoms with van der Waals surface area (Å²) in [5.41, 5.74) is 1.17. The molecular weight excluding hydrogens is 264 g/mol. The van der Waals surface area contributed by atoms with Crippen LogP contribution in [0.15, 0.2) is 24.3 Å². The minimum atomic E-state index is -0.438. The number of β-amino-alcohol motifs (C(OH)–C–C–N with tert-alkyl or cyclic N) is 1. The Bertz CT molecular complexity index is 437. The summed E-state index contributed by atoms with van der Waals surface area (Å²) in [7, 11) is 4.26. The van der Waals surface area contributed by atoms with Crippen LogP contribution < -0.4 is 4.74 Å². The molecule has 1 aliphatic heterocycles. The maximum Gasteiger partial charge on any atom is 0.119 e. The molecule has 1 saturated heterocycles. The van der Waals surface area contributed by atoms with E-state index in [1.807, 2.05) is 31.2 Å². The third kappa shape index (κ3) is 5.30. The van der Waals surface area contributed by atoms with Crippen molar-refractivity contribution in [1.29, 1.82) is 0 Å². The van der Waals surface area contributed by atoms with Gasteiger partial charge in [-0.1, -0.05) is 12.1 Å². The number of likely N-dealkylation sites (N-methyl/N-ethyl adjacent to an activating group) is 1. The van der Waals surface area contributed by atoms with Gasteiger partial charge in [0.15, 0.2) is 0 Å². The van der Waals surface area contributed by atoms with Gasteiger partial charge in [-0.25, -0.2) is 0 Å². The van der Waals surface area contributed by atoms with E-state index in [2.05, 4.69) is 23.9 Å². The van der Waals surface area contributed by atoms with Crippen LogP contribution in [-0.4, -0.2) is 67.4 Å². The number of piperidine rings is 1. The van der Waals surface area contributed by atoms with Crippen molar-refractivity contribution in [3.8, 4) is 5.75 Å². The number of likely N-dealkylation sites (tertiary alicyclic amines) is 1. The summed E-state index contributed by atoms with van der Waals surface area (Å²) in [4.78, 5) is 4.63. The summed E-state index contributed by atoms with van der Waals surface area (Å²) < 4.78 is 5.68. The number of rotatable bonds is 6. The third-order valence-electron chi connectivity index (χ3n) is 4.11. The maximum atomic E-state index is 10.2. The monoisotopic (exact) mass is 292 g/mol. The summed E-state index contributed by atoms with van der Waals surface area (Å²) in [6.45, 7) is 5.20. The van der Waals surface area contributed by atoms with E-state index in [0.717, 1.165) is 18.8 Å². The first-order valence-electron chi connectivity index (χ1n) is 7.81. The van der Waals surface area contributed by atoms with E-state index in [1.165, 1.54) is 18.4 Å². The SMILES string of the molecule is Cc1cccc(OCC(O)CN2CCCC(N(C)C)C2)c1. The van der Waals surface area contributed by atoms with Gasteiger partial charge in [-0.3, -0.25) is 4.90 Å². The quantitative estimate of drug-likeness (QED) is 0.867. The van der Waals surface area contributed by atoms with E-state index in [4.69, 9.17) is 4.74 Å². The van der Waals surface area contributed by atoms with Gasteiger partial charge < -0.3 is 14.7 Å². The second-order valence-electron chi connectivity index (χ2n) is 6.30. The average molecular weight is 292 g/mol. The van der Waals surface area contributed by atoms with E-state index < -0.39 is 6.10 Å². The molecule has 1 heterocycles. The van der Waals surface area contributed by atoms with E-state index in [-0.39, 0.29) is 0 Å². The van der Waals surface area contributed by atoms with Crippen molar-refractivity contribution < 1.29 is 9.84 Å². The highest BCUT2D eigenvalue weighted by atomic mass is 16.5. The lowest BCUT2D eigenvalue weighted by molar-refractivity contribution is 0.0456. The molecule has 0 bridgehead atoms. The number of benzene rings is 1. The van der Waals surface area contributed by atoms with Crippen molar-refractivity contribution in [3.63, 3.8) is 0 Å². The molecule has 1 aliphatic rings. The third-order valence-corrected chi connectivity index (χ3v) is 4.11. The molecule has 4 heteroatoms. The molecule has 0 saturated carbocycles. The maximum absolute atomic E-state index is 10.2. The zero-order chi connectivity index (χ0) is 15.2. The molecule has 1 N–H and O–H groups in total. The van der Waals surface area contributed by atoms with E-state index in [1.54, 1.807) is 0 Å². The predicted molar refractivity (Wildman–Crippen MR) is 85.8 cm³/mol. The van der Waals surface area contributed by atoms with Gasteiger partial charge in [0.2, 0.25) is 0 Å². The molecule has 0 amide bonds. The van der Waals surface area contributed by atoms with Crippen LogP contribution in [0, 0.1) is 6.92 Å². The number of nitrogens with zero attached hydrogens (tertiary/aromatic N) is 2. The Balaban J connectivity index is 1.75. The van der Waals surface area contributed by atoms with Crippen LogP contribution in [0.25, 0.3) is 0 Å². The molecule has 0 spiro atoms. The molecule has 2 rings (SSSR count). The van der Waals surface area contributed by atoms with Crippen molar-refractivity contribution in [2.45, 2.75) is 31.9 Å². The van der Waals surface area contributed by atoms with Crippen LogP contribution in [-0.2, 0) is 0 Å². The second-order valence-corrected chi connectivity index (χ2v) is 6.30. The van der Waals surface area contributed by atoms with Crippen LogP contribution in [0.3, 0.4) is 0 Å². The number of aliphatic hydroxyl groups excluding tert-OH is 1. The first-order valence-corrected chi connectivity index (χ1v) is 7.81. The van der Waals surface area contributed by atoms with Crippen molar-refractivity contribution in [2.75, 3.05) is 40.3 Å². The Labute approximate surface area is 128 Å². The lowest BCUT2D eigenvalue weighted by Crippen LogP contribution is -2.48. The van der Waals surface area contributed by atoms with Crippen LogP contribution in [0.1, 0.15) is 18.4 Å². The summed E-state index contributed by atoms with van der Waals surface area (Å²) >= 11 is 0. The number of hydrogen-bond donors (Lipinski definition) is 1. The van der Waals surface area contributed by atoms with Gasteiger partial charge in [-0.05, 0) is 58.1 Å². The smallest absolute Gasteiger partial charge is 0.119 e. The lowest BCUT2D eigenvalue weighted by atomic mass is 10.0. The van der Waals surface area contributed by atoms with Crippen molar-refractivity contribution in [1.82, 2.24) is 9.80 Å². The topological polar surface area (TPSA) is 35.9 Å². The Morgan fingerprint density at radius 3 is 2.95 bits per heavy atom. The first-order chi connectivity index (χ1) is 10.0. The molecule has 118 valence electrons. The highest BCUT2D eigenvalue weighted by molar-refractivity contribution is 5.27. The van der Waals surface area contributed by atoms with Crippen molar-refractivity contribution in [2.24, 2.45) is 0 Å². The fourth-order valence-electron chi connectivity index (χ4n) is 2.87. The Morgan fingerprint density at radius 1 is 1.43 bits per heavy atom. The molecular formula is C17H28N2O2. The second kappa shape index (κ2) is 7.78. The molecule has 1 aromatic carbocycles. The number of aryl methyl sites for hydroxylation is 1. The van der Waals surface area contributed by atoms with E-state index in [9.17, 15) is 5.11 Å². The van der Waals surface area contributed by atoms with Crippen LogP contribution in [0.2, 0.25) is 0 Å². The fourth-order valence-corrected chi connectivity index (χ4v) is 2.87. The summed E-state index contributed by atoms with van der Waals surface area (Å²) in [5.74, 6) is 0.832. The van der Waals surface area contributed by atoms with Gasteiger partial charge in [0.05, 0.1) is 0 Å². The minimum absolute atomic E-state index is 0.354. The molecule has 0 aromatic heterocycles. The Morgan fingerprint density at radius 2 is 2.24 bits per heavy atom. The van der Waals surface area contributed by atoms with E-state index >= 15 is 0 Å². The van der Waals surface area contributed by atoms with Crippen molar-refractivity contribution >= 4 is 0 Å². The van der Waals surface area contributed by atoms with Gasteiger partial charge in [0.1, 0.15) is 18.5 Å². The number of aliphatic hydroxyl groups is 1. The van der Waals surface area contributed by atoms with Crippen molar-refractivity contribution in [3.05, 3.63) is 29.8 Å². The van der Waals surface area contributed by atoms with Gasteiger partial charge >= 0.3 is 0 Å². The zero-order valence-electron chi connectivity index (χ0n) is 13.5. The molecule has 1 aromatic rings. The summed E-state index contributed by atoms with van der Waals surface area (Å²) in [6.07, 6.45) is 2.01. The molecule has 0 radical (unpaired) electrons. The van der Waals surface area contributed by atoms with Crippen LogP contribution >= 0.6 is 0 Å². The highest BCUT2D eigenvalue weighted by Crippen LogP contribution is 2.15. The Hall–Kier alpha value is -1.10. The molecule has 4 nitrogen and oxygen atoms in total. The highest BCUT2D eigenvalue weighted by Gasteiger charge is 2.23. The normalized spacial score (nSPS) is 21.5. The Kier molecular flexibility index (Phi) is 6.03. The molecule has 0 aliphatic carbocycles. The predicted octanol–water partition coefficient (Wildman–Crippen LogP) is 1.76. The van der Waals surface area contributed by atoms with Crippen LogP contribution in [0.5, 0.6) is 5.75 Å². The first kappa shape index (κ1) is 16.3. The number of ether oxygens (including phenoxy) is 1. The summed E-state index contributed by atoms with van der Waals surface area (Å²) in [6, 6.07) is 8.55. The lowest BCUT2D eigenvalue weighted by Gasteiger charge is -2.36. The van der Waals surface area contributed by atoms with Gasteiger partial charge in [-0.2, -0.15) is 0 Å². The average Bonchev–Trinajstić information content (AvgIpc) is 2.45. The van der Waals surface area contributed by atoms with E-state index in [0.29, 0.717) is 19.2 Å². The van der Waals surface area contributed by atoms with Crippen LogP contribution in [0.4, 0.5) is 0 Å². The molecule has 21 heavy (non-hydrogen) atoms. The number of hydrogen-bond acceptors (Lipinski definition) is 4. The van der Waals surface area contributed by atoms with Gasteiger partial charge in [0, 0.05) is 19.1 Å².